The van der Waals surface area contributed by atoms with Crippen molar-refractivity contribution in [2.75, 3.05) is 38.1 Å². The molecule has 6 heteroatoms. The third-order valence-corrected chi connectivity index (χ3v) is 4.10. The smallest absolute Gasteiger partial charge is 0.406 e. The lowest BCUT2D eigenvalue weighted by atomic mass is 10.0. The SMILES string of the molecule is CN1C[C@@H]2CN(c3ccc(OC(F)(F)F)cc3)C[C@@H]2C1. The number of halogens is 3. The number of hydrogen-bond donors (Lipinski definition) is 0. The van der Waals surface area contributed by atoms with Crippen molar-refractivity contribution >= 4 is 5.69 Å². The number of likely N-dealkylation sites (tertiary alicyclic amines) is 1. The maximum Gasteiger partial charge on any atom is 0.573 e. The second-order valence-electron chi connectivity index (χ2n) is 5.69. The van der Waals surface area contributed by atoms with E-state index in [1.807, 2.05) is 0 Å². The number of alkyl halides is 3. The summed E-state index contributed by atoms with van der Waals surface area (Å²) in [6.07, 6.45) is -4.63. The number of hydrogen-bond acceptors (Lipinski definition) is 3. The molecule has 0 aliphatic carbocycles. The van der Waals surface area contributed by atoms with Crippen LogP contribution in [0.25, 0.3) is 0 Å². The van der Waals surface area contributed by atoms with E-state index in [0.717, 1.165) is 31.9 Å². The van der Waals surface area contributed by atoms with Gasteiger partial charge < -0.3 is 14.5 Å². The molecule has 20 heavy (non-hydrogen) atoms. The topological polar surface area (TPSA) is 15.7 Å². The highest BCUT2D eigenvalue weighted by atomic mass is 19.4. The Morgan fingerprint density at radius 1 is 1.00 bits per heavy atom. The molecule has 2 atom stereocenters. The number of nitrogens with zero attached hydrogens (tertiary/aromatic N) is 2. The zero-order valence-corrected chi connectivity index (χ0v) is 11.2. The summed E-state index contributed by atoms with van der Waals surface area (Å²) < 4.78 is 40.2. The van der Waals surface area contributed by atoms with Gasteiger partial charge in [-0.15, -0.1) is 13.2 Å². The average molecular weight is 286 g/mol. The van der Waals surface area contributed by atoms with Crippen molar-refractivity contribution in [3.63, 3.8) is 0 Å². The van der Waals surface area contributed by atoms with Crippen molar-refractivity contribution in [1.82, 2.24) is 4.90 Å². The third-order valence-electron chi connectivity index (χ3n) is 4.10. The second kappa shape index (κ2) is 4.84. The maximum atomic E-state index is 12.1. The van der Waals surface area contributed by atoms with Crippen LogP contribution < -0.4 is 9.64 Å². The molecule has 2 aliphatic rings. The Balaban J connectivity index is 1.64. The summed E-state index contributed by atoms with van der Waals surface area (Å²) in [4.78, 5) is 4.59. The third kappa shape index (κ3) is 2.85. The second-order valence-corrected chi connectivity index (χ2v) is 5.69. The Kier molecular flexibility index (Phi) is 3.28. The summed E-state index contributed by atoms with van der Waals surface area (Å²) in [5, 5.41) is 0. The highest BCUT2D eigenvalue weighted by molar-refractivity contribution is 5.50. The predicted octanol–water partition coefficient (Wildman–Crippen LogP) is 2.58. The van der Waals surface area contributed by atoms with E-state index in [1.54, 1.807) is 12.1 Å². The van der Waals surface area contributed by atoms with Gasteiger partial charge in [0.25, 0.3) is 0 Å². The van der Waals surface area contributed by atoms with Crippen molar-refractivity contribution in [3.8, 4) is 5.75 Å². The van der Waals surface area contributed by atoms with Crippen LogP contribution in [0.3, 0.4) is 0 Å². The van der Waals surface area contributed by atoms with Gasteiger partial charge in [-0.25, -0.2) is 0 Å². The van der Waals surface area contributed by atoms with Crippen molar-refractivity contribution < 1.29 is 17.9 Å². The molecule has 0 unspecified atom stereocenters. The van der Waals surface area contributed by atoms with E-state index in [4.69, 9.17) is 0 Å². The molecule has 0 N–H and O–H groups in total. The van der Waals surface area contributed by atoms with E-state index in [1.165, 1.54) is 12.1 Å². The molecule has 1 aromatic rings. The zero-order chi connectivity index (χ0) is 14.3. The molecule has 2 aliphatic heterocycles. The molecule has 0 saturated carbocycles. The Morgan fingerprint density at radius 2 is 1.55 bits per heavy atom. The average Bonchev–Trinajstić information content (AvgIpc) is 2.84. The van der Waals surface area contributed by atoms with Gasteiger partial charge in [-0.05, 0) is 43.1 Å². The van der Waals surface area contributed by atoms with Gasteiger partial charge in [0.1, 0.15) is 5.75 Å². The van der Waals surface area contributed by atoms with Crippen molar-refractivity contribution in [1.29, 1.82) is 0 Å². The summed E-state index contributed by atoms with van der Waals surface area (Å²) in [6.45, 7) is 4.18. The van der Waals surface area contributed by atoms with Gasteiger partial charge in [0.15, 0.2) is 0 Å². The van der Waals surface area contributed by atoms with Crippen LogP contribution >= 0.6 is 0 Å². The van der Waals surface area contributed by atoms with Gasteiger partial charge in [0, 0.05) is 31.9 Å². The van der Waals surface area contributed by atoms with Crippen molar-refractivity contribution in [2.24, 2.45) is 11.8 Å². The molecule has 0 amide bonds. The first-order valence-corrected chi connectivity index (χ1v) is 6.70. The molecule has 2 heterocycles. The van der Waals surface area contributed by atoms with E-state index in [2.05, 4.69) is 21.6 Å². The van der Waals surface area contributed by atoms with E-state index in [9.17, 15) is 13.2 Å². The molecule has 0 radical (unpaired) electrons. The van der Waals surface area contributed by atoms with Gasteiger partial charge >= 0.3 is 6.36 Å². The largest absolute Gasteiger partial charge is 0.573 e. The number of anilines is 1. The molecule has 110 valence electrons. The van der Waals surface area contributed by atoms with Gasteiger partial charge in [-0.3, -0.25) is 0 Å². The minimum atomic E-state index is -4.63. The van der Waals surface area contributed by atoms with Crippen LogP contribution in [-0.2, 0) is 0 Å². The molecule has 2 fully saturated rings. The maximum absolute atomic E-state index is 12.1. The lowest BCUT2D eigenvalue weighted by Gasteiger charge is -2.21. The van der Waals surface area contributed by atoms with Crippen LogP contribution in [-0.4, -0.2) is 44.5 Å². The fourth-order valence-electron chi connectivity index (χ4n) is 3.30. The summed E-state index contributed by atoms with van der Waals surface area (Å²) in [5.74, 6) is 1.18. The first-order valence-electron chi connectivity index (χ1n) is 6.70. The molecular weight excluding hydrogens is 269 g/mol. The van der Waals surface area contributed by atoms with Crippen molar-refractivity contribution in [2.45, 2.75) is 6.36 Å². The molecule has 3 rings (SSSR count). The summed E-state index contributed by atoms with van der Waals surface area (Å²) >= 11 is 0. The van der Waals surface area contributed by atoms with Gasteiger partial charge in [0.2, 0.25) is 0 Å². The number of benzene rings is 1. The molecule has 3 nitrogen and oxygen atoms in total. The Hall–Kier alpha value is -1.43. The van der Waals surface area contributed by atoms with Crippen LogP contribution in [0.15, 0.2) is 24.3 Å². The van der Waals surface area contributed by atoms with Crippen LogP contribution in [0.1, 0.15) is 0 Å². The Bertz CT molecular complexity index is 460. The van der Waals surface area contributed by atoms with Gasteiger partial charge in [-0.2, -0.15) is 0 Å². The van der Waals surface area contributed by atoms with Crippen molar-refractivity contribution in [3.05, 3.63) is 24.3 Å². The van der Waals surface area contributed by atoms with Crippen LogP contribution in [0.4, 0.5) is 18.9 Å². The Morgan fingerprint density at radius 3 is 2.05 bits per heavy atom. The summed E-state index contributed by atoms with van der Waals surface area (Å²) in [7, 11) is 2.13. The summed E-state index contributed by atoms with van der Waals surface area (Å²) in [6, 6.07) is 6.16. The van der Waals surface area contributed by atoms with Crippen LogP contribution in [0.2, 0.25) is 0 Å². The van der Waals surface area contributed by atoms with Crippen LogP contribution in [0.5, 0.6) is 5.75 Å². The Labute approximate surface area is 115 Å². The first-order chi connectivity index (χ1) is 9.40. The minimum absolute atomic E-state index is 0.166. The highest BCUT2D eigenvalue weighted by Gasteiger charge is 2.38. The van der Waals surface area contributed by atoms with E-state index in [-0.39, 0.29) is 5.75 Å². The monoisotopic (exact) mass is 286 g/mol. The number of ether oxygens (including phenoxy) is 1. The van der Waals surface area contributed by atoms with E-state index >= 15 is 0 Å². The quantitative estimate of drug-likeness (QED) is 0.831. The summed E-state index contributed by atoms with van der Waals surface area (Å²) in [5.41, 5.74) is 0.969. The zero-order valence-electron chi connectivity index (χ0n) is 11.2. The number of fused-ring (bicyclic) bond motifs is 1. The first kappa shape index (κ1) is 13.5. The highest BCUT2D eigenvalue weighted by Crippen LogP contribution is 2.34. The predicted molar refractivity (Wildman–Crippen MR) is 69.8 cm³/mol. The molecule has 0 aromatic heterocycles. The van der Waals surface area contributed by atoms with E-state index < -0.39 is 6.36 Å². The fourth-order valence-corrected chi connectivity index (χ4v) is 3.30. The van der Waals surface area contributed by atoms with Gasteiger partial charge in [-0.1, -0.05) is 0 Å². The fraction of sp³-hybridized carbons (Fsp3) is 0.571. The molecule has 0 spiro atoms. The molecule has 2 saturated heterocycles. The van der Waals surface area contributed by atoms with Gasteiger partial charge in [0.05, 0.1) is 0 Å². The molecule has 1 aromatic carbocycles. The van der Waals surface area contributed by atoms with E-state index in [0.29, 0.717) is 11.8 Å². The standard InChI is InChI=1S/C14H17F3N2O/c1-18-6-10-8-19(9-11(10)7-18)12-2-4-13(5-3-12)20-14(15,16)17/h2-5,10-11H,6-9H2,1H3/t10-,11+. The normalized spacial score (nSPS) is 26.9. The molecular formula is C14H17F3N2O. The lowest BCUT2D eigenvalue weighted by molar-refractivity contribution is -0.274. The minimum Gasteiger partial charge on any atom is -0.406 e. The number of rotatable bonds is 2. The molecule has 0 bridgehead atoms. The lowest BCUT2D eigenvalue weighted by Crippen LogP contribution is -2.26. The van der Waals surface area contributed by atoms with Crippen LogP contribution in [0, 0.1) is 11.8 Å².